The first-order chi connectivity index (χ1) is 8.61. The number of benzene rings is 1. The lowest BCUT2D eigenvalue weighted by molar-refractivity contribution is 0.588. The van der Waals surface area contributed by atoms with Gasteiger partial charge in [0.1, 0.15) is 5.69 Å². The molecule has 0 unspecified atom stereocenters. The fourth-order valence-corrected chi connectivity index (χ4v) is 1.90. The number of nitrogens with one attached hydrogen (secondary N) is 1. The van der Waals surface area contributed by atoms with Gasteiger partial charge in [-0.2, -0.15) is 0 Å². The maximum absolute atomic E-state index is 13.6. The monoisotopic (exact) mass is 313 g/mol. The summed E-state index contributed by atoms with van der Waals surface area (Å²) in [5, 5.41) is 2.63. The number of hydrogen-bond donors (Lipinski definition) is 1. The number of hydrogen-bond acceptors (Lipinski definition) is 2. The Bertz CT molecular complexity index is 557. The average Bonchev–Trinajstić information content (AvgIpc) is 2.71. The smallest absolute Gasteiger partial charge is 0.207 e. The number of aromatic nitrogens is 2. The number of halogens is 3. The molecule has 0 fully saturated rings. The SMILES string of the molecule is C=CCn1ccnc1Nc1c(F)cc(Br)cc1F. The summed E-state index contributed by atoms with van der Waals surface area (Å²) in [4.78, 5) is 3.99. The van der Waals surface area contributed by atoms with E-state index in [1.54, 1.807) is 23.0 Å². The molecule has 1 N–H and O–H groups in total. The Morgan fingerprint density at radius 3 is 2.67 bits per heavy atom. The van der Waals surface area contributed by atoms with Crippen molar-refractivity contribution < 1.29 is 8.78 Å². The first-order valence-corrected chi connectivity index (χ1v) is 5.94. The highest BCUT2D eigenvalue weighted by molar-refractivity contribution is 9.10. The molecule has 1 aromatic heterocycles. The van der Waals surface area contributed by atoms with Gasteiger partial charge in [0.25, 0.3) is 0 Å². The molecule has 1 heterocycles. The summed E-state index contributed by atoms with van der Waals surface area (Å²) in [5.41, 5.74) is -0.227. The standard InChI is InChI=1S/C12H10BrF2N3/c1-2-4-18-5-3-16-12(18)17-11-9(14)6-8(13)7-10(11)15/h2-3,5-7H,1,4H2,(H,16,17). The van der Waals surface area contributed by atoms with Gasteiger partial charge in [0, 0.05) is 23.4 Å². The van der Waals surface area contributed by atoms with Gasteiger partial charge in [-0.3, -0.25) is 0 Å². The molecule has 0 bridgehead atoms. The van der Waals surface area contributed by atoms with Crippen molar-refractivity contribution in [1.29, 1.82) is 0 Å². The highest BCUT2D eigenvalue weighted by atomic mass is 79.9. The molecule has 0 aliphatic rings. The van der Waals surface area contributed by atoms with Gasteiger partial charge in [-0.15, -0.1) is 6.58 Å². The van der Waals surface area contributed by atoms with E-state index >= 15 is 0 Å². The number of rotatable bonds is 4. The minimum atomic E-state index is -0.685. The molecule has 0 amide bonds. The largest absolute Gasteiger partial charge is 0.321 e. The molecule has 0 atom stereocenters. The molecular weight excluding hydrogens is 304 g/mol. The summed E-state index contributed by atoms with van der Waals surface area (Å²) >= 11 is 3.02. The lowest BCUT2D eigenvalue weighted by Gasteiger charge is -2.10. The van der Waals surface area contributed by atoms with Crippen LogP contribution >= 0.6 is 15.9 Å². The van der Waals surface area contributed by atoms with E-state index in [9.17, 15) is 8.78 Å². The Kier molecular flexibility index (Phi) is 3.76. The molecule has 18 heavy (non-hydrogen) atoms. The van der Waals surface area contributed by atoms with Gasteiger partial charge in [0.2, 0.25) is 5.95 Å². The normalized spacial score (nSPS) is 10.4. The maximum Gasteiger partial charge on any atom is 0.207 e. The van der Waals surface area contributed by atoms with E-state index in [1.807, 2.05) is 0 Å². The van der Waals surface area contributed by atoms with Crippen molar-refractivity contribution in [2.75, 3.05) is 5.32 Å². The van der Waals surface area contributed by atoms with Crippen LogP contribution in [0.25, 0.3) is 0 Å². The molecule has 3 nitrogen and oxygen atoms in total. The minimum absolute atomic E-state index is 0.227. The van der Waals surface area contributed by atoms with Gasteiger partial charge >= 0.3 is 0 Å². The van der Waals surface area contributed by atoms with E-state index in [0.29, 0.717) is 17.0 Å². The van der Waals surface area contributed by atoms with Gasteiger partial charge in [0.05, 0.1) is 0 Å². The third-order valence-electron chi connectivity index (χ3n) is 2.28. The Morgan fingerprint density at radius 1 is 1.39 bits per heavy atom. The van der Waals surface area contributed by atoms with Crippen LogP contribution in [0.5, 0.6) is 0 Å². The maximum atomic E-state index is 13.6. The summed E-state index contributed by atoms with van der Waals surface area (Å²) < 4.78 is 29.3. The van der Waals surface area contributed by atoms with Crippen molar-refractivity contribution in [3.8, 4) is 0 Å². The molecule has 0 aliphatic carbocycles. The number of anilines is 2. The van der Waals surface area contributed by atoms with E-state index in [0.717, 1.165) is 0 Å². The van der Waals surface area contributed by atoms with Gasteiger partial charge < -0.3 is 9.88 Å². The molecular formula is C12H10BrF2N3. The Hall–Kier alpha value is -1.69. The third kappa shape index (κ3) is 2.59. The van der Waals surface area contributed by atoms with Crippen LogP contribution in [0.3, 0.4) is 0 Å². The van der Waals surface area contributed by atoms with Crippen LogP contribution in [0.15, 0.2) is 41.7 Å². The van der Waals surface area contributed by atoms with Crippen LogP contribution in [0.4, 0.5) is 20.4 Å². The fourth-order valence-electron chi connectivity index (χ4n) is 1.49. The number of allylic oxidation sites excluding steroid dienone is 1. The zero-order chi connectivity index (χ0) is 13.1. The minimum Gasteiger partial charge on any atom is -0.321 e. The lowest BCUT2D eigenvalue weighted by Crippen LogP contribution is -2.05. The molecule has 0 radical (unpaired) electrons. The van der Waals surface area contributed by atoms with Crippen molar-refractivity contribution in [1.82, 2.24) is 9.55 Å². The fraction of sp³-hybridized carbons (Fsp3) is 0.0833. The predicted octanol–water partition coefficient (Wildman–Crippen LogP) is 3.85. The quantitative estimate of drug-likeness (QED) is 0.869. The Morgan fingerprint density at radius 2 is 2.06 bits per heavy atom. The molecule has 0 saturated carbocycles. The van der Waals surface area contributed by atoms with Crippen LogP contribution in [-0.2, 0) is 6.54 Å². The summed E-state index contributed by atoms with van der Waals surface area (Å²) in [7, 11) is 0. The van der Waals surface area contributed by atoms with Gasteiger partial charge in [0.15, 0.2) is 11.6 Å². The highest BCUT2D eigenvalue weighted by Crippen LogP contribution is 2.26. The molecule has 0 aliphatic heterocycles. The van der Waals surface area contributed by atoms with E-state index < -0.39 is 11.6 Å². The summed E-state index contributed by atoms with van der Waals surface area (Å²) in [6.07, 6.45) is 4.90. The van der Waals surface area contributed by atoms with E-state index in [1.165, 1.54) is 12.1 Å². The third-order valence-corrected chi connectivity index (χ3v) is 2.74. The van der Waals surface area contributed by atoms with Crippen molar-refractivity contribution >= 4 is 27.6 Å². The lowest BCUT2D eigenvalue weighted by atomic mass is 10.3. The Balaban J connectivity index is 2.34. The van der Waals surface area contributed by atoms with Gasteiger partial charge in [-0.25, -0.2) is 13.8 Å². The zero-order valence-electron chi connectivity index (χ0n) is 9.33. The van der Waals surface area contributed by atoms with Crippen molar-refractivity contribution in [3.05, 3.63) is 53.3 Å². The molecule has 0 saturated heterocycles. The summed E-state index contributed by atoms with van der Waals surface area (Å²) in [6.45, 7) is 4.10. The number of imidazole rings is 1. The predicted molar refractivity (Wildman–Crippen MR) is 69.8 cm³/mol. The summed E-state index contributed by atoms with van der Waals surface area (Å²) in [5.74, 6) is -1.01. The van der Waals surface area contributed by atoms with Crippen molar-refractivity contribution in [2.45, 2.75) is 6.54 Å². The van der Waals surface area contributed by atoms with E-state index in [4.69, 9.17) is 0 Å². The van der Waals surface area contributed by atoms with Gasteiger partial charge in [-0.05, 0) is 12.1 Å². The second kappa shape index (κ2) is 5.30. The van der Waals surface area contributed by atoms with Crippen LogP contribution in [-0.4, -0.2) is 9.55 Å². The van der Waals surface area contributed by atoms with Crippen LogP contribution in [0.2, 0.25) is 0 Å². The first-order valence-electron chi connectivity index (χ1n) is 5.15. The number of nitrogens with zero attached hydrogens (tertiary/aromatic N) is 2. The second-order valence-corrected chi connectivity index (χ2v) is 4.48. The van der Waals surface area contributed by atoms with Crippen LogP contribution in [0, 0.1) is 11.6 Å². The molecule has 94 valence electrons. The van der Waals surface area contributed by atoms with E-state index in [-0.39, 0.29) is 5.69 Å². The van der Waals surface area contributed by atoms with Crippen molar-refractivity contribution in [3.63, 3.8) is 0 Å². The zero-order valence-corrected chi connectivity index (χ0v) is 10.9. The Labute approximate surface area is 111 Å². The highest BCUT2D eigenvalue weighted by Gasteiger charge is 2.12. The van der Waals surface area contributed by atoms with Crippen LogP contribution in [0.1, 0.15) is 0 Å². The van der Waals surface area contributed by atoms with Crippen LogP contribution < -0.4 is 5.32 Å². The molecule has 2 aromatic rings. The van der Waals surface area contributed by atoms with Gasteiger partial charge in [-0.1, -0.05) is 22.0 Å². The topological polar surface area (TPSA) is 29.9 Å². The average molecular weight is 314 g/mol. The van der Waals surface area contributed by atoms with Crippen molar-refractivity contribution in [2.24, 2.45) is 0 Å². The molecule has 0 spiro atoms. The first kappa shape index (κ1) is 12.8. The molecule has 6 heteroatoms. The van der Waals surface area contributed by atoms with E-state index in [2.05, 4.69) is 32.8 Å². The second-order valence-electron chi connectivity index (χ2n) is 3.56. The molecule has 2 rings (SSSR count). The summed E-state index contributed by atoms with van der Waals surface area (Å²) in [6, 6.07) is 2.37. The molecule has 1 aromatic carbocycles.